The van der Waals surface area contributed by atoms with Crippen molar-refractivity contribution in [2.24, 2.45) is 11.7 Å². The van der Waals surface area contributed by atoms with Gasteiger partial charge in [-0.15, -0.1) is 0 Å². The predicted molar refractivity (Wildman–Crippen MR) is 60.1 cm³/mol. The van der Waals surface area contributed by atoms with E-state index in [1.54, 1.807) is 12.1 Å². The van der Waals surface area contributed by atoms with E-state index in [1.165, 1.54) is 6.07 Å². The molecular formula is C11H15N3O2. The van der Waals surface area contributed by atoms with Crippen LogP contribution in [0, 0.1) is 5.92 Å². The Bertz CT molecular complexity index is 437. The first kappa shape index (κ1) is 10.9. The third kappa shape index (κ3) is 2.70. The fourth-order valence-corrected chi connectivity index (χ4v) is 1.58. The number of nitrogens with one attached hydrogen (secondary N) is 2. The minimum absolute atomic E-state index is 0.0272. The van der Waals surface area contributed by atoms with Crippen molar-refractivity contribution < 1.29 is 4.79 Å². The molecule has 1 amide bonds. The van der Waals surface area contributed by atoms with Gasteiger partial charge in [-0.25, -0.2) is 0 Å². The first-order valence-electron chi connectivity index (χ1n) is 5.40. The Labute approximate surface area is 93.0 Å². The third-order valence-corrected chi connectivity index (χ3v) is 2.74. The summed E-state index contributed by atoms with van der Waals surface area (Å²) >= 11 is 0. The lowest BCUT2D eigenvalue weighted by Crippen LogP contribution is -2.39. The van der Waals surface area contributed by atoms with Gasteiger partial charge in [0.1, 0.15) is 5.69 Å². The summed E-state index contributed by atoms with van der Waals surface area (Å²) in [4.78, 5) is 25.1. The number of pyridine rings is 1. The molecule has 1 saturated carbocycles. The van der Waals surface area contributed by atoms with E-state index in [1.807, 2.05) is 0 Å². The molecule has 1 heterocycles. The molecule has 1 aliphatic carbocycles. The first-order chi connectivity index (χ1) is 7.66. The van der Waals surface area contributed by atoms with Gasteiger partial charge in [0.2, 0.25) is 5.56 Å². The fourth-order valence-electron chi connectivity index (χ4n) is 1.58. The van der Waals surface area contributed by atoms with E-state index in [2.05, 4.69) is 10.3 Å². The van der Waals surface area contributed by atoms with Crippen molar-refractivity contribution in [2.75, 3.05) is 6.54 Å². The number of hydrogen-bond donors (Lipinski definition) is 3. The largest absolute Gasteiger partial charge is 0.349 e. The summed E-state index contributed by atoms with van der Waals surface area (Å²) in [5.74, 6) is 0.268. The number of carbonyl (C=O) groups is 1. The lowest BCUT2D eigenvalue weighted by molar-refractivity contribution is 0.0945. The van der Waals surface area contributed by atoms with Crippen molar-refractivity contribution >= 4 is 5.91 Å². The van der Waals surface area contributed by atoms with Gasteiger partial charge in [-0.1, -0.05) is 6.07 Å². The summed E-state index contributed by atoms with van der Waals surface area (Å²) in [6.45, 7) is 0.459. The molecule has 1 aromatic rings. The van der Waals surface area contributed by atoms with Gasteiger partial charge in [0.15, 0.2) is 0 Å². The molecule has 1 atom stereocenters. The number of rotatable bonds is 4. The highest BCUT2D eigenvalue weighted by Crippen LogP contribution is 2.31. The van der Waals surface area contributed by atoms with Crippen LogP contribution in [-0.2, 0) is 0 Å². The van der Waals surface area contributed by atoms with Crippen molar-refractivity contribution in [2.45, 2.75) is 18.9 Å². The number of aromatic nitrogens is 1. The molecule has 1 aliphatic rings. The maximum atomic E-state index is 11.6. The van der Waals surface area contributed by atoms with Crippen LogP contribution in [-0.4, -0.2) is 23.5 Å². The van der Waals surface area contributed by atoms with Crippen molar-refractivity contribution in [3.8, 4) is 0 Å². The highest BCUT2D eigenvalue weighted by Gasteiger charge is 2.28. The minimum Gasteiger partial charge on any atom is -0.349 e. The predicted octanol–water partition coefficient (Wildman–Crippen LogP) is -0.158. The zero-order valence-corrected chi connectivity index (χ0v) is 8.90. The monoisotopic (exact) mass is 221 g/mol. The normalized spacial score (nSPS) is 16.8. The molecule has 0 aliphatic heterocycles. The summed E-state index contributed by atoms with van der Waals surface area (Å²) in [5, 5.41) is 2.71. The molecule has 16 heavy (non-hydrogen) atoms. The second-order valence-electron chi connectivity index (χ2n) is 4.14. The Hall–Kier alpha value is -1.62. The second kappa shape index (κ2) is 4.49. The molecule has 0 aromatic carbocycles. The average Bonchev–Trinajstić information content (AvgIpc) is 3.09. The summed E-state index contributed by atoms with van der Waals surface area (Å²) < 4.78 is 0. The number of carbonyl (C=O) groups excluding carboxylic acids is 1. The molecular weight excluding hydrogens is 206 g/mol. The van der Waals surface area contributed by atoms with Gasteiger partial charge < -0.3 is 16.0 Å². The molecule has 0 radical (unpaired) electrons. The smallest absolute Gasteiger partial charge is 0.267 e. The molecule has 1 fully saturated rings. The van der Waals surface area contributed by atoms with Gasteiger partial charge >= 0.3 is 0 Å². The molecule has 2 rings (SSSR count). The summed E-state index contributed by atoms with van der Waals surface area (Å²) in [5.41, 5.74) is 5.84. The number of aromatic amines is 1. The molecule has 0 bridgehead atoms. The van der Waals surface area contributed by atoms with E-state index in [0.29, 0.717) is 12.5 Å². The quantitative estimate of drug-likeness (QED) is 0.660. The van der Waals surface area contributed by atoms with Crippen molar-refractivity contribution in [1.82, 2.24) is 10.3 Å². The van der Waals surface area contributed by atoms with Gasteiger partial charge in [-0.3, -0.25) is 9.59 Å². The van der Waals surface area contributed by atoms with E-state index < -0.39 is 0 Å². The lowest BCUT2D eigenvalue weighted by atomic mass is 10.2. The van der Waals surface area contributed by atoms with E-state index in [0.717, 1.165) is 12.8 Å². The minimum atomic E-state index is -0.284. The topological polar surface area (TPSA) is 88.0 Å². The van der Waals surface area contributed by atoms with Crippen LogP contribution in [0.3, 0.4) is 0 Å². The third-order valence-electron chi connectivity index (χ3n) is 2.74. The molecule has 1 unspecified atom stereocenters. The Morgan fingerprint density at radius 3 is 2.94 bits per heavy atom. The number of nitrogens with two attached hydrogens (primary N) is 1. The van der Waals surface area contributed by atoms with Gasteiger partial charge in [-0.05, 0) is 24.8 Å². The average molecular weight is 221 g/mol. The van der Waals surface area contributed by atoms with Crippen LogP contribution in [0.25, 0.3) is 0 Å². The highest BCUT2D eigenvalue weighted by atomic mass is 16.2. The maximum Gasteiger partial charge on any atom is 0.267 e. The summed E-state index contributed by atoms with van der Waals surface area (Å²) in [7, 11) is 0. The highest BCUT2D eigenvalue weighted by molar-refractivity contribution is 5.92. The van der Waals surface area contributed by atoms with E-state index >= 15 is 0 Å². The van der Waals surface area contributed by atoms with Crippen LogP contribution in [0.1, 0.15) is 23.3 Å². The van der Waals surface area contributed by atoms with Crippen molar-refractivity contribution in [1.29, 1.82) is 0 Å². The summed E-state index contributed by atoms with van der Waals surface area (Å²) in [6, 6.07) is 4.51. The molecule has 5 heteroatoms. The van der Waals surface area contributed by atoms with E-state index in [4.69, 9.17) is 5.73 Å². The maximum absolute atomic E-state index is 11.6. The molecule has 0 saturated heterocycles. The lowest BCUT2D eigenvalue weighted by Gasteiger charge is -2.11. The van der Waals surface area contributed by atoms with Crippen LogP contribution in [0.2, 0.25) is 0 Å². The number of H-pyrrole nitrogens is 1. The number of hydrogen-bond acceptors (Lipinski definition) is 3. The fraction of sp³-hybridized carbons (Fsp3) is 0.455. The standard InChI is InChI=1S/C11H15N3O2/c12-8(7-4-5-7)6-13-11(16)9-2-1-3-10(15)14-9/h1-3,7-8H,4-6,12H2,(H,13,16)(H,14,15). The molecule has 0 spiro atoms. The van der Waals surface area contributed by atoms with Crippen LogP contribution in [0.4, 0.5) is 0 Å². The van der Waals surface area contributed by atoms with Crippen LogP contribution in [0.15, 0.2) is 23.0 Å². The van der Waals surface area contributed by atoms with E-state index in [9.17, 15) is 9.59 Å². The molecule has 4 N–H and O–H groups in total. The molecule has 1 aromatic heterocycles. The second-order valence-corrected chi connectivity index (χ2v) is 4.14. The van der Waals surface area contributed by atoms with Crippen LogP contribution in [0.5, 0.6) is 0 Å². The van der Waals surface area contributed by atoms with E-state index in [-0.39, 0.29) is 23.2 Å². The van der Waals surface area contributed by atoms with Crippen LogP contribution < -0.4 is 16.6 Å². The Kier molecular flexibility index (Phi) is 3.05. The van der Waals surface area contributed by atoms with Crippen molar-refractivity contribution in [3.63, 3.8) is 0 Å². The Morgan fingerprint density at radius 2 is 2.31 bits per heavy atom. The van der Waals surface area contributed by atoms with Gasteiger partial charge in [0.05, 0.1) is 0 Å². The van der Waals surface area contributed by atoms with Gasteiger partial charge in [-0.2, -0.15) is 0 Å². The Balaban J connectivity index is 1.89. The summed E-state index contributed by atoms with van der Waals surface area (Å²) in [6.07, 6.45) is 2.30. The SMILES string of the molecule is NC(CNC(=O)c1cccc(=O)[nH]1)C1CC1. The zero-order chi connectivity index (χ0) is 11.5. The number of amides is 1. The molecule has 5 nitrogen and oxygen atoms in total. The molecule has 86 valence electrons. The zero-order valence-electron chi connectivity index (χ0n) is 8.90. The Morgan fingerprint density at radius 1 is 1.56 bits per heavy atom. The first-order valence-corrected chi connectivity index (χ1v) is 5.40. The van der Waals surface area contributed by atoms with Crippen molar-refractivity contribution in [3.05, 3.63) is 34.2 Å². The van der Waals surface area contributed by atoms with Gasteiger partial charge in [0.25, 0.3) is 5.91 Å². The van der Waals surface area contributed by atoms with Gasteiger partial charge in [0, 0.05) is 18.7 Å². The van der Waals surface area contributed by atoms with Crippen LogP contribution >= 0.6 is 0 Å².